The minimum Gasteiger partial charge on any atom is -0.493 e. The molecular weight excluding hydrogens is 376 g/mol. The van der Waals surface area contributed by atoms with Crippen LogP contribution in [0, 0.1) is 6.92 Å². The number of ether oxygens (including phenoxy) is 3. The molecule has 0 bridgehead atoms. The van der Waals surface area contributed by atoms with Crippen molar-refractivity contribution in [2.75, 3.05) is 28.4 Å². The Morgan fingerprint density at radius 3 is 2.11 bits per heavy atom. The van der Waals surface area contributed by atoms with Crippen LogP contribution in [-0.4, -0.2) is 39.1 Å². The molecule has 0 aliphatic carbocycles. The van der Waals surface area contributed by atoms with Crippen LogP contribution in [0.4, 0.5) is 0 Å². The zero-order chi connectivity index (χ0) is 20.1. The molecule has 0 aliphatic rings. The van der Waals surface area contributed by atoms with Gasteiger partial charge >= 0.3 is 0 Å². The Bertz CT molecular complexity index is 958. The fourth-order valence-corrected chi connectivity index (χ4v) is 3.82. The molecule has 0 aliphatic heterocycles. The van der Waals surface area contributed by atoms with E-state index < -0.39 is 0 Å². The summed E-state index contributed by atoms with van der Waals surface area (Å²) < 4.78 is 16.3. The van der Waals surface area contributed by atoms with E-state index in [4.69, 9.17) is 24.0 Å². The van der Waals surface area contributed by atoms with Crippen molar-refractivity contribution in [2.24, 2.45) is 5.16 Å². The Balaban J connectivity index is 2.13. The predicted molar refractivity (Wildman–Crippen MR) is 111 cm³/mol. The van der Waals surface area contributed by atoms with Crippen LogP contribution < -0.4 is 14.2 Å². The summed E-state index contributed by atoms with van der Waals surface area (Å²) in [5, 5.41) is 4.97. The molecule has 0 saturated heterocycles. The quantitative estimate of drug-likeness (QED) is 0.432. The molecule has 0 radical (unpaired) electrons. The smallest absolute Gasteiger partial charge is 0.203 e. The van der Waals surface area contributed by atoms with E-state index in [1.165, 1.54) is 7.11 Å². The minimum atomic E-state index is 0.519. The van der Waals surface area contributed by atoms with Gasteiger partial charge in [0.1, 0.15) is 17.8 Å². The molecule has 0 atom stereocenters. The third-order valence-corrected chi connectivity index (χ3v) is 5.14. The first kappa shape index (κ1) is 19.7. The molecule has 28 heavy (non-hydrogen) atoms. The molecule has 0 saturated carbocycles. The van der Waals surface area contributed by atoms with Gasteiger partial charge in [-0.1, -0.05) is 35.5 Å². The second-order valence-electron chi connectivity index (χ2n) is 5.83. The van der Waals surface area contributed by atoms with Gasteiger partial charge in [-0.2, -0.15) is 0 Å². The standard InChI is InChI=1S/C21H22N2O4S/c1-13-18(14-9-7-6-8-10-14)22-21(28-13)19(23-27-5)15-11-16(24-2)20(26-4)17(12-15)25-3/h6-12H,1-5H3/b23-19-. The van der Waals surface area contributed by atoms with Gasteiger partial charge in [0.15, 0.2) is 11.5 Å². The second kappa shape index (κ2) is 8.75. The van der Waals surface area contributed by atoms with Crippen molar-refractivity contribution < 1.29 is 19.0 Å². The summed E-state index contributed by atoms with van der Waals surface area (Å²) in [6.45, 7) is 2.04. The highest BCUT2D eigenvalue weighted by molar-refractivity contribution is 7.14. The number of hydrogen-bond acceptors (Lipinski definition) is 7. The SMILES string of the molecule is CO/N=C(/c1cc(OC)c(OC)c(OC)c1)c1nc(-c2ccccc2)c(C)s1. The monoisotopic (exact) mass is 398 g/mol. The van der Waals surface area contributed by atoms with Crippen LogP contribution >= 0.6 is 11.3 Å². The van der Waals surface area contributed by atoms with E-state index in [9.17, 15) is 0 Å². The summed E-state index contributed by atoms with van der Waals surface area (Å²) in [5.41, 5.74) is 3.34. The molecule has 0 amide bonds. The van der Waals surface area contributed by atoms with Crippen LogP contribution in [0.5, 0.6) is 17.2 Å². The molecule has 0 unspecified atom stereocenters. The van der Waals surface area contributed by atoms with Gasteiger partial charge < -0.3 is 19.0 Å². The molecule has 1 aromatic heterocycles. The topological polar surface area (TPSA) is 62.2 Å². The van der Waals surface area contributed by atoms with Crippen LogP contribution in [0.1, 0.15) is 15.4 Å². The summed E-state index contributed by atoms with van der Waals surface area (Å²) in [4.78, 5) is 11.0. The molecule has 3 aromatic rings. The highest BCUT2D eigenvalue weighted by Gasteiger charge is 2.21. The molecular formula is C21H22N2O4S. The number of benzene rings is 2. The third-order valence-electron chi connectivity index (χ3n) is 4.17. The van der Waals surface area contributed by atoms with Crippen molar-refractivity contribution in [1.82, 2.24) is 4.98 Å². The number of hydrogen-bond donors (Lipinski definition) is 0. The van der Waals surface area contributed by atoms with Gasteiger partial charge in [-0.15, -0.1) is 11.3 Å². The zero-order valence-corrected chi connectivity index (χ0v) is 17.3. The maximum Gasteiger partial charge on any atom is 0.203 e. The lowest BCUT2D eigenvalue weighted by Crippen LogP contribution is -2.06. The fraction of sp³-hybridized carbons (Fsp3) is 0.238. The second-order valence-corrected chi connectivity index (χ2v) is 7.03. The van der Waals surface area contributed by atoms with Crippen molar-refractivity contribution in [3.8, 4) is 28.5 Å². The van der Waals surface area contributed by atoms with Gasteiger partial charge in [0.25, 0.3) is 0 Å². The van der Waals surface area contributed by atoms with Crippen LogP contribution in [-0.2, 0) is 4.84 Å². The van der Waals surface area contributed by atoms with E-state index in [-0.39, 0.29) is 0 Å². The van der Waals surface area contributed by atoms with Crippen LogP contribution in [0.25, 0.3) is 11.3 Å². The van der Waals surface area contributed by atoms with Crippen molar-refractivity contribution in [3.63, 3.8) is 0 Å². The number of aromatic nitrogens is 1. The van der Waals surface area contributed by atoms with E-state index >= 15 is 0 Å². The van der Waals surface area contributed by atoms with Gasteiger partial charge in [-0.25, -0.2) is 4.98 Å². The van der Waals surface area contributed by atoms with Gasteiger partial charge in [0, 0.05) is 16.0 Å². The average molecular weight is 398 g/mol. The number of thiazole rings is 1. The maximum absolute atomic E-state index is 5.46. The van der Waals surface area contributed by atoms with Crippen LogP contribution in [0.3, 0.4) is 0 Å². The zero-order valence-electron chi connectivity index (χ0n) is 16.5. The molecule has 6 nitrogen and oxygen atoms in total. The van der Waals surface area contributed by atoms with Gasteiger partial charge in [0.2, 0.25) is 5.75 Å². The Hall–Kier alpha value is -3.06. The predicted octanol–water partition coefficient (Wildman–Crippen LogP) is 4.54. The van der Waals surface area contributed by atoms with E-state index in [2.05, 4.69) is 5.16 Å². The first-order valence-corrected chi connectivity index (χ1v) is 9.39. The molecule has 2 aromatic carbocycles. The van der Waals surface area contributed by atoms with Crippen molar-refractivity contribution in [1.29, 1.82) is 0 Å². The lowest BCUT2D eigenvalue weighted by Gasteiger charge is -2.14. The Morgan fingerprint density at radius 2 is 1.57 bits per heavy atom. The molecule has 3 rings (SSSR count). The largest absolute Gasteiger partial charge is 0.493 e. The number of aryl methyl sites for hydroxylation is 1. The van der Waals surface area contributed by atoms with Crippen molar-refractivity contribution in [2.45, 2.75) is 6.92 Å². The number of nitrogens with zero attached hydrogens (tertiary/aromatic N) is 2. The van der Waals surface area contributed by atoms with Crippen LogP contribution in [0.2, 0.25) is 0 Å². The Labute approximate surface area is 168 Å². The first-order valence-electron chi connectivity index (χ1n) is 8.57. The Morgan fingerprint density at radius 1 is 0.929 bits per heavy atom. The summed E-state index contributed by atoms with van der Waals surface area (Å²) in [6.07, 6.45) is 0. The number of rotatable bonds is 7. The van der Waals surface area contributed by atoms with Crippen LogP contribution in [0.15, 0.2) is 47.6 Å². The van der Waals surface area contributed by atoms with Gasteiger partial charge in [-0.3, -0.25) is 0 Å². The van der Waals surface area contributed by atoms with Gasteiger partial charge in [-0.05, 0) is 19.1 Å². The van der Waals surface area contributed by atoms with E-state index in [0.717, 1.165) is 26.7 Å². The van der Waals surface area contributed by atoms with E-state index in [0.29, 0.717) is 23.0 Å². The normalized spacial score (nSPS) is 11.2. The van der Waals surface area contributed by atoms with Crippen molar-refractivity contribution >= 4 is 17.0 Å². The molecule has 7 heteroatoms. The molecule has 146 valence electrons. The number of oxime groups is 1. The highest BCUT2D eigenvalue weighted by Crippen LogP contribution is 2.39. The van der Waals surface area contributed by atoms with Gasteiger partial charge in [0.05, 0.1) is 27.0 Å². The molecule has 0 N–H and O–H groups in total. The summed E-state index contributed by atoms with van der Waals surface area (Å²) in [5.74, 6) is 1.60. The maximum atomic E-state index is 5.46. The lowest BCUT2D eigenvalue weighted by molar-refractivity contribution is 0.214. The van der Waals surface area contributed by atoms with E-state index in [1.807, 2.05) is 49.4 Å². The molecule has 0 fully saturated rings. The van der Waals surface area contributed by atoms with Crippen molar-refractivity contribution in [3.05, 3.63) is 57.9 Å². The first-order chi connectivity index (χ1) is 13.6. The fourth-order valence-electron chi connectivity index (χ4n) is 2.89. The third kappa shape index (κ3) is 3.80. The molecule has 1 heterocycles. The highest BCUT2D eigenvalue weighted by atomic mass is 32.1. The Kier molecular flexibility index (Phi) is 6.16. The summed E-state index contributed by atoms with van der Waals surface area (Å²) >= 11 is 1.55. The van der Waals surface area contributed by atoms with E-state index in [1.54, 1.807) is 32.7 Å². The average Bonchev–Trinajstić information content (AvgIpc) is 3.12. The minimum absolute atomic E-state index is 0.519. The lowest BCUT2D eigenvalue weighted by atomic mass is 10.1. The molecule has 0 spiro atoms. The number of methoxy groups -OCH3 is 3. The summed E-state index contributed by atoms with van der Waals surface area (Å²) in [6, 6.07) is 13.7. The summed E-state index contributed by atoms with van der Waals surface area (Å²) in [7, 11) is 6.24.